The monoisotopic (exact) mass is 577 g/mol. The van der Waals surface area contributed by atoms with Crippen molar-refractivity contribution in [3.8, 4) is 0 Å². The maximum absolute atomic E-state index is 14.0. The molecule has 3 N–H and O–H groups in total. The lowest BCUT2D eigenvalue weighted by Crippen LogP contribution is -2.50. The summed E-state index contributed by atoms with van der Waals surface area (Å²) in [6.07, 6.45) is 4.17. The Labute approximate surface area is 249 Å². The molecule has 0 spiro atoms. The summed E-state index contributed by atoms with van der Waals surface area (Å²) < 4.78 is 28.1. The van der Waals surface area contributed by atoms with E-state index in [1.165, 1.54) is 23.3 Å². The van der Waals surface area contributed by atoms with E-state index >= 15 is 0 Å². The van der Waals surface area contributed by atoms with E-state index in [1.807, 2.05) is 19.1 Å². The number of hydrogen-bond acceptors (Lipinski definition) is 4. The van der Waals surface area contributed by atoms with Gasteiger partial charge in [0.25, 0.3) is 5.91 Å². The fraction of sp³-hybridized carbons (Fsp3) is 0.457. The highest BCUT2D eigenvalue weighted by molar-refractivity contribution is 5.94. The van der Waals surface area contributed by atoms with Gasteiger partial charge >= 0.3 is 0 Å². The third-order valence-corrected chi connectivity index (χ3v) is 8.19. The smallest absolute Gasteiger partial charge is 0.251 e. The van der Waals surface area contributed by atoms with Crippen molar-refractivity contribution in [3.63, 3.8) is 0 Å². The van der Waals surface area contributed by atoms with Gasteiger partial charge in [-0.15, -0.1) is 0 Å². The van der Waals surface area contributed by atoms with Crippen molar-refractivity contribution in [1.82, 2.24) is 15.5 Å². The summed E-state index contributed by atoms with van der Waals surface area (Å²) in [5, 5.41) is 17.9. The summed E-state index contributed by atoms with van der Waals surface area (Å²) in [6.45, 7) is 8.17. The first-order valence-corrected chi connectivity index (χ1v) is 15.2. The molecule has 0 saturated heterocycles. The van der Waals surface area contributed by atoms with E-state index in [1.54, 1.807) is 0 Å². The van der Waals surface area contributed by atoms with Crippen molar-refractivity contribution >= 4 is 5.91 Å². The zero-order valence-electron chi connectivity index (χ0n) is 25.4. The number of carbonyl (C=O) groups is 1. The third kappa shape index (κ3) is 8.69. The van der Waals surface area contributed by atoms with E-state index in [0.717, 1.165) is 62.4 Å². The first-order chi connectivity index (χ1) is 20.1. The molecular weight excluding hydrogens is 532 g/mol. The zero-order chi connectivity index (χ0) is 30.3. The number of aryl methyl sites for hydroxylation is 2. The lowest BCUT2D eigenvalue weighted by atomic mass is 9.97. The number of nitrogens with zero attached hydrogens (tertiary/aromatic N) is 1. The van der Waals surface area contributed by atoms with Gasteiger partial charge in [0.2, 0.25) is 0 Å². The van der Waals surface area contributed by atoms with E-state index in [0.29, 0.717) is 11.1 Å². The Balaban J connectivity index is 1.51. The van der Waals surface area contributed by atoms with Crippen LogP contribution >= 0.6 is 0 Å². The van der Waals surface area contributed by atoms with Crippen LogP contribution in [0.25, 0.3) is 0 Å². The highest BCUT2D eigenvalue weighted by Gasteiger charge is 2.44. The van der Waals surface area contributed by atoms with Crippen LogP contribution in [0.15, 0.2) is 60.7 Å². The predicted molar refractivity (Wildman–Crippen MR) is 164 cm³/mol. The molecule has 2 atom stereocenters. The average Bonchev–Trinajstić information content (AvgIpc) is 3.75. The molecule has 5 nitrogen and oxygen atoms in total. The van der Waals surface area contributed by atoms with Crippen LogP contribution in [0.2, 0.25) is 0 Å². The number of hydrogen-bond donors (Lipinski definition) is 3. The number of rotatable bonds is 15. The number of amides is 1. The van der Waals surface area contributed by atoms with Crippen LogP contribution in [-0.4, -0.2) is 48.2 Å². The Morgan fingerprint density at radius 3 is 2.40 bits per heavy atom. The molecule has 42 heavy (non-hydrogen) atoms. The minimum absolute atomic E-state index is 0.0833. The van der Waals surface area contributed by atoms with Gasteiger partial charge in [-0.2, -0.15) is 0 Å². The van der Waals surface area contributed by atoms with Gasteiger partial charge in [-0.3, -0.25) is 4.79 Å². The quantitative estimate of drug-likeness (QED) is 0.206. The van der Waals surface area contributed by atoms with Crippen molar-refractivity contribution in [2.45, 2.75) is 83.5 Å². The molecule has 226 valence electrons. The van der Waals surface area contributed by atoms with Gasteiger partial charge in [-0.25, -0.2) is 8.78 Å². The summed E-state index contributed by atoms with van der Waals surface area (Å²) in [6, 6.07) is 16.8. The number of aliphatic hydroxyl groups excluding tert-OH is 1. The lowest BCUT2D eigenvalue weighted by Gasteiger charge is -2.28. The first-order valence-electron chi connectivity index (χ1n) is 15.2. The number of unbranched alkanes of at least 4 members (excludes halogenated alkanes) is 1. The molecule has 0 aromatic heterocycles. The van der Waals surface area contributed by atoms with Crippen LogP contribution in [0.4, 0.5) is 8.78 Å². The number of halogens is 2. The Bertz CT molecular complexity index is 1340. The highest BCUT2D eigenvalue weighted by atomic mass is 19.1. The van der Waals surface area contributed by atoms with Crippen molar-refractivity contribution in [3.05, 3.63) is 106 Å². The Hall–Kier alpha value is -3.13. The van der Waals surface area contributed by atoms with Crippen LogP contribution < -0.4 is 10.6 Å². The Morgan fingerprint density at radius 2 is 1.74 bits per heavy atom. The molecule has 3 aromatic carbocycles. The third-order valence-electron chi connectivity index (χ3n) is 8.19. The van der Waals surface area contributed by atoms with Crippen LogP contribution in [0.3, 0.4) is 0 Å². The SMILES string of the molecule is CCCCN(C)Cc1cc(C)cc(C(=O)N[C@@H](Cc2cc(F)cc(F)c2)[C@@H](O)CNC2(c3cccc(CC)c3)CC2)c1. The first kappa shape index (κ1) is 31.8. The average molecular weight is 578 g/mol. The van der Waals surface area contributed by atoms with Gasteiger partial charge in [-0.1, -0.05) is 56.2 Å². The summed E-state index contributed by atoms with van der Waals surface area (Å²) in [5.74, 6) is -1.70. The van der Waals surface area contributed by atoms with Crippen molar-refractivity contribution in [1.29, 1.82) is 0 Å². The molecular formula is C35H45F2N3O2. The summed E-state index contributed by atoms with van der Waals surface area (Å²) in [4.78, 5) is 15.8. The van der Waals surface area contributed by atoms with E-state index in [4.69, 9.17) is 0 Å². The van der Waals surface area contributed by atoms with Gasteiger partial charge in [0.05, 0.1) is 12.1 Å². The van der Waals surface area contributed by atoms with Gasteiger partial charge < -0.3 is 20.6 Å². The van der Waals surface area contributed by atoms with Gasteiger partial charge in [0, 0.05) is 30.3 Å². The van der Waals surface area contributed by atoms with E-state index in [9.17, 15) is 18.7 Å². The van der Waals surface area contributed by atoms with Crippen molar-refractivity contribution in [2.75, 3.05) is 20.1 Å². The molecule has 1 aliphatic carbocycles. The molecule has 0 aliphatic heterocycles. The van der Waals surface area contributed by atoms with E-state index in [-0.39, 0.29) is 24.4 Å². The summed E-state index contributed by atoms with van der Waals surface area (Å²) in [5.41, 5.74) is 5.12. The zero-order valence-corrected chi connectivity index (χ0v) is 25.4. The van der Waals surface area contributed by atoms with Gasteiger partial charge in [0.1, 0.15) is 11.6 Å². The van der Waals surface area contributed by atoms with Crippen molar-refractivity contribution < 1.29 is 18.7 Å². The molecule has 0 bridgehead atoms. The van der Waals surface area contributed by atoms with E-state index < -0.39 is 23.8 Å². The molecule has 1 amide bonds. The second-order valence-corrected chi connectivity index (χ2v) is 11.9. The molecule has 1 saturated carbocycles. The molecule has 0 unspecified atom stereocenters. The van der Waals surface area contributed by atoms with E-state index in [2.05, 4.69) is 66.8 Å². The second kappa shape index (κ2) is 14.4. The number of aliphatic hydroxyl groups is 1. The van der Waals surface area contributed by atoms with Crippen LogP contribution in [0, 0.1) is 18.6 Å². The lowest BCUT2D eigenvalue weighted by molar-refractivity contribution is 0.0821. The fourth-order valence-corrected chi connectivity index (χ4v) is 5.64. The molecule has 1 fully saturated rings. The number of nitrogens with one attached hydrogen (secondary N) is 2. The van der Waals surface area contributed by atoms with Crippen molar-refractivity contribution in [2.24, 2.45) is 0 Å². The van der Waals surface area contributed by atoms with Crippen LogP contribution in [0.1, 0.15) is 77.7 Å². The predicted octanol–water partition coefficient (Wildman–Crippen LogP) is 6.05. The Morgan fingerprint density at radius 1 is 1.00 bits per heavy atom. The van der Waals surface area contributed by atoms with Crippen LogP contribution in [-0.2, 0) is 24.9 Å². The molecule has 3 aromatic rings. The summed E-state index contributed by atoms with van der Waals surface area (Å²) >= 11 is 0. The number of benzene rings is 3. The highest BCUT2D eigenvalue weighted by Crippen LogP contribution is 2.45. The maximum Gasteiger partial charge on any atom is 0.251 e. The van der Waals surface area contributed by atoms with Gasteiger partial charge in [0.15, 0.2) is 0 Å². The maximum atomic E-state index is 14.0. The largest absolute Gasteiger partial charge is 0.390 e. The molecule has 4 rings (SSSR count). The summed E-state index contributed by atoms with van der Waals surface area (Å²) in [7, 11) is 2.07. The molecule has 0 radical (unpaired) electrons. The minimum atomic E-state index is -0.989. The standard InChI is InChI=1S/C35H45F2N3O2/c1-5-7-13-40(4)23-27-14-24(3)15-28(16-27)34(42)39-32(20-26-18-30(36)21-31(37)19-26)33(41)22-38-35(11-12-35)29-10-8-9-25(6-2)17-29/h8-10,14-19,21,32-33,38,41H,5-7,11-13,20,22-23H2,1-4H3,(H,39,42)/t32-,33-/m0/s1. The van der Waals surface area contributed by atoms with Crippen LogP contribution in [0.5, 0.6) is 0 Å². The second-order valence-electron chi connectivity index (χ2n) is 11.9. The Kier molecular flexibility index (Phi) is 10.9. The number of carbonyl (C=O) groups excluding carboxylic acids is 1. The molecule has 1 aliphatic rings. The minimum Gasteiger partial charge on any atom is -0.390 e. The molecule has 7 heteroatoms. The molecule has 0 heterocycles. The fourth-order valence-electron chi connectivity index (χ4n) is 5.64. The normalized spacial score (nSPS) is 15.4. The van der Waals surface area contributed by atoms with Gasteiger partial charge in [-0.05, 0) is 99.1 Å². The topological polar surface area (TPSA) is 64.6 Å².